The molecule has 2 rings (SSSR count). The fraction of sp³-hybridized carbons (Fsp3) is 0.647. The van der Waals surface area contributed by atoms with Gasteiger partial charge in [0, 0.05) is 24.2 Å². The molecule has 0 amide bonds. The zero-order valence-electron chi connectivity index (χ0n) is 13.7. The van der Waals surface area contributed by atoms with Crippen LogP contribution >= 0.6 is 0 Å². The lowest BCUT2D eigenvalue weighted by Gasteiger charge is -2.40. The third-order valence-electron chi connectivity index (χ3n) is 4.50. The maximum atomic E-state index is 5.55. The number of methoxy groups -OCH3 is 2. The van der Waals surface area contributed by atoms with Crippen LogP contribution in [0.1, 0.15) is 37.8 Å². The molecule has 1 aliphatic heterocycles. The number of nitrogens with zero attached hydrogens (tertiary/aromatic N) is 1. The van der Waals surface area contributed by atoms with Crippen molar-refractivity contribution in [3.8, 4) is 11.5 Å². The van der Waals surface area contributed by atoms with E-state index in [2.05, 4.69) is 23.2 Å². The molecular formula is C17H28N2O2. The van der Waals surface area contributed by atoms with Gasteiger partial charge in [-0.1, -0.05) is 6.42 Å². The van der Waals surface area contributed by atoms with Crippen molar-refractivity contribution < 1.29 is 9.47 Å². The Labute approximate surface area is 128 Å². The zero-order valence-corrected chi connectivity index (χ0v) is 13.7. The highest BCUT2D eigenvalue weighted by atomic mass is 16.5. The van der Waals surface area contributed by atoms with Gasteiger partial charge in [-0.15, -0.1) is 0 Å². The van der Waals surface area contributed by atoms with Crippen LogP contribution in [0.5, 0.6) is 11.5 Å². The van der Waals surface area contributed by atoms with Gasteiger partial charge in [-0.3, -0.25) is 4.90 Å². The summed E-state index contributed by atoms with van der Waals surface area (Å²) < 4.78 is 10.9. The molecule has 0 bridgehead atoms. The Bertz CT molecular complexity index is 448. The molecule has 1 fully saturated rings. The molecule has 1 aromatic rings. The fourth-order valence-corrected chi connectivity index (χ4v) is 3.33. The molecule has 4 heteroatoms. The average Bonchev–Trinajstić information content (AvgIpc) is 2.54. The van der Waals surface area contributed by atoms with E-state index in [1.165, 1.54) is 24.8 Å². The van der Waals surface area contributed by atoms with E-state index in [4.69, 9.17) is 9.47 Å². The Morgan fingerprint density at radius 1 is 1.29 bits per heavy atom. The predicted octanol–water partition coefficient (Wildman–Crippen LogP) is 2.84. The summed E-state index contributed by atoms with van der Waals surface area (Å²) in [6.45, 7) is 4.45. The number of hydrogen-bond donors (Lipinski definition) is 1. The van der Waals surface area contributed by atoms with Crippen molar-refractivity contribution in [2.75, 3.05) is 34.4 Å². The molecular weight excluding hydrogens is 264 g/mol. The Kier molecular flexibility index (Phi) is 5.88. The second-order valence-corrected chi connectivity index (χ2v) is 5.73. The van der Waals surface area contributed by atoms with E-state index in [0.717, 1.165) is 24.6 Å². The van der Waals surface area contributed by atoms with Crippen molar-refractivity contribution in [2.24, 2.45) is 0 Å². The monoisotopic (exact) mass is 292 g/mol. The maximum Gasteiger partial charge on any atom is 0.123 e. The summed E-state index contributed by atoms with van der Waals surface area (Å²) in [4.78, 5) is 2.59. The van der Waals surface area contributed by atoms with Gasteiger partial charge in [0.1, 0.15) is 11.5 Å². The number of likely N-dealkylation sites (N-methyl/N-ethyl adjacent to an activating group) is 1. The molecule has 1 N–H and O–H groups in total. The topological polar surface area (TPSA) is 33.7 Å². The van der Waals surface area contributed by atoms with E-state index in [1.807, 2.05) is 19.2 Å². The Morgan fingerprint density at radius 3 is 2.76 bits per heavy atom. The number of piperidine rings is 1. The van der Waals surface area contributed by atoms with Gasteiger partial charge >= 0.3 is 0 Å². The summed E-state index contributed by atoms with van der Waals surface area (Å²) in [5.41, 5.74) is 1.21. The number of nitrogens with one attached hydrogen (secondary N) is 1. The first kappa shape index (κ1) is 16.1. The van der Waals surface area contributed by atoms with Crippen LogP contribution in [0.15, 0.2) is 18.2 Å². The van der Waals surface area contributed by atoms with Gasteiger partial charge in [0.05, 0.1) is 14.2 Å². The molecule has 0 spiro atoms. The minimum Gasteiger partial charge on any atom is -0.497 e. The standard InChI is InChI=1S/C17H28N2O2/c1-13(19-10-6-5-7-14(19)12-18-2)16-11-15(20-3)8-9-17(16)21-4/h8-9,11,13-14,18H,5-7,10,12H2,1-4H3. The third kappa shape index (κ3) is 3.69. The van der Waals surface area contributed by atoms with Crippen LogP contribution in [0, 0.1) is 0 Å². The van der Waals surface area contributed by atoms with Crippen LogP contribution in [-0.2, 0) is 0 Å². The van der Waals surface area contributed by atoms with E-state index in [0.29, 0.717) is 12.1 Å². The van der Waals surface area contributed by atoms with Gasteiger partial charge in [0.15, 0.2) is 0 Å². The number of hydrogen-bond acceptors (Lipinski definition) is 4. The lowest BCUT2D eigenvalue weighted by Crippen LogP contribution is -2.46. The molecule has 2 unspecified atom stereocenters. The largest absolute Gasteiger partial charge is 0.497 e. The van der Waals surface area contributed by atoms with E-state index < -0.39 is 0 Å². The summed E-state index contributed by atoms with van der Waals surface area (Å²) in [6.07, 6.45) is 3.86. The molecule has 0 aromatic heterocycles. The second-order valence-electron chi connectivity index (χ2n) is 5.73. The summed E-state index contributed by atoms with van der Waals surface area (Å²) in [5, 5.41) is 3.33. The van der Waals surface area contributed by atoms with Crippen LogP contribution < -0.4 is 14.8 Å². The molecule has 0 radical (unpaired) electrons. The number of likely N-dealkylation sites (tertiary alicyclic amines) is 1. The zero-order chi connectivity index (χ0) is 15.2. The predicted molar refractivity (Wildman–Crippen MR) is 86.2 cm³/mol. The van der Waals surface area contributed by atoms with Crippen LogP contribution in [0.3, 0.4) is 0 Å². The van der Waals surface area contributed by atoms with Gasteiger partial charge in [-0.25, -0.2) is 0 Å². The second kappa shape index (κ2) is 7.66. The SMILES string of the molecule is CNCC1CCCCN1C(C)c1cc(OC)ccc1OC. The molecule has 1 aromatic carbocycles. The minimum atomic E-state index is 0.327. The quantitative estimate of drug-likeness (QED) is 0.874. The van der Waals surface area contributed by atoms with Crippen molar-refractivity contribution in [1.29, 1.82) is 0 Å². The minimum absolute atomic E-state index is 0.327. The number of ether oxygens (including phenoxy) is 2. The molecule has 4 nitrogen and oxygen atoms in total. The van der Waals surface area contributed by atoms with Gasteiger partial charge in [-0.2, -0.15) is 0 Å². The Morgan fingerprint density at radius 2 is 2.10 bits per heavy atom. The van der Waals surface area contributed by atoms with Crippen molar-refractivity contribution in [1.82, 2.24) is 10.2 Å². The summed E-state index contributed by atoms with van der Waals surface area (Å²) in [6, 6.07) is 6.98. The highest BCUT2D eigenvalue weighted by Gasteiger charge is 2.28. The van der Waals surface area contributed by atoms with Crippen molar-refractivity contribution in [3.63, 3.8) is 0 Å². The Hall–Kier alpha value is -1.26. The van der Waals surface area contributed by atoms with Gasteiger partial charge in [0.25, 0.3) is 0 Å². The number of rotatable bonds is 6. The smallest absolute Gasteiger partial charge is 0.123 e. The first-order valence-corrected chi connectivity index (χ1v) is 7.83. The van der Waals surface area contributed by atoms with Gasteiger partial charge in [0.2, 0.25) is 0 Å². The van der Waals surface area contributed by atoms with E-state index in [9.17, 15) is 0 Å². The van der Waals surface area contributed by atoms with E-state index in [-0.39, 0.29) is 0 Å². The molecule has 0 saturated carbocycles. The molecule has 1 saturated heterocycles. The molecule has 1 heterocycles. The van der Waals surface area contributed by atoms with Crippen LogP contribution in [0.4, 0.5) is 0 Å². The van der Waals surface area contributed by atoms with Gasteiger partial charge < -0.3 is 14.8 Å². The summed E-state index contributed by atoms with van der Waals surface area (Å²) in [5.74, 6) is 1.83. The third-order valence-corrected chi connectivity index (χ3v) is 4.50. The van der Waals surface area contributed by atoms with Crippen molar-refractivity contribution in [2.45, 2.75) is 38.3 Å². The average molecular weight is 292 g/mol. The lowest BCUT2D eigenvalue weighted by atomic mass is 9.96. The maximum absolute atomic E-state index is 5.55. The normalized spacial score (nSPS) is 21.0. The molecule has 2 atom stereocenters. The number of benzene rings is 1. The summed E-state index contributed by atoms with van der Waals surface area (Å²) in [7, 11) is 5.48. The highest BCUT2D eigenvalue weighted by Crippen LogP contribution is 2.35. The first-order valence-electron chi connectivity index (χ1n) is 7.83. The highest BCUT2D eigenvalue weighted by molar-refractivity contribution is 5.42. The van der Waals surface area contributed by atoms with Crippen LogP contribution in [0.2, 0.25) is 0 Å². The molecule has 1 aliphatic rings. The molecule has 21 heavy (non-hydrogen) atoms. The van der Waals surface area contributed by atoms with Gasteiger partial charge in [-0.05, 0) is 51.6 Å². The molecule has 118 valence electrons. The summed E-state index contributed by atoms with van der Waals surface area (Å²) >= 11 is 0. The van der Waals surface area contributed by atoms with Crippen molar-refractivity contribution in [3.05, 3.63) is 23.8 Å². The lowest BCUT2D eigenvalue weighted by molar-refractivity contribution is 0.102. The first-order chi connectivity index (χ1) is 10.2. The Balaban J connectivity index is 2.26. The van der Waals surface area contributed by atoms with E-state index in [1.54, 1.807) is 14.2 Å². The van der Waals surface area contributed by atoms with Crippen molar-refractivity contribution >= 4 is 0 Å². The van der Waals surface area contributed by atoms with Crippen LogP contribution in [-0.4, -0.2) is 45.3 Å². The van der Waals surface area contributed by atoms with E-state index >= 15 is 0 Å². The van der Waals surface area contributed by atoms with Crippen LogP contribution in [0.25, 0.3) is 0 Å². The molecule has 0 aliphatic carbocycles. The fourth-order valence-electron chi connectivity index (χ4n) is 3.33.